The van der Waals surface area contributed by atoms with Crippen molar-refractivity contribution in [2.75, 3.05) is 12.4 Å². The minimum absolute atomic E-state index is 0.221. The molecular weight excluding hydrogens is 402 g/mol. The number of nitrogens with one attached hydrogen (secondary N) is 1. The summed E-state index contributed by atoms with van der Waals surface area (Å²) in [5.74, 6) is 0.544. The summed E-state index contributed by atoms with van der Waals surface area (Å²) in [6, 6.07) is 19.0. The summed E-state index contributed by atoms with van der Waals surface area (Å²) in [5.41, 5.74) is 5.17. The summed E-state index contributed by atoms with van der Waals surface area (Å²) >= 11 is 0. The molecule has 0 bridgehead atoms. The van der Waals surface area contributed by atoms with Crippen LogP contribution in [0, 0.1) is 6.92 Å². The molecule has 32 heavy (non-hydrogen) atoms. The smallest absolute Gasteiger partial charge is 0.256 e. The number of rotatable bonds is 4. The van der Waals surface area contributed by atoms with E-state index in [2.05, 4.69) is 15.4 Å². The molecule has 7 heteroatoms. The molecule has 5 aromatic rings. The number of para-hydroxylation sites is 1. The third kappa shape index (κ3) is 3.43. The van der Waals surface area contributed by atoms with Crippen molar-refractivity contribution in [1.82, 2.24) is 19.7 Å². The summed E-state index contributed by atoms with van der Waals surface area (Å²) in [4.78, 5) is 22.5. The zero-order valence-electron chi connectivity index (χ0n) is 18.0. The molecule has 7 nitrogen and oxygen atoms in total. The van der Waals surface area contributed by atoms with Crippen LogP contribution in [0.4, 0.5) is 5.69 Å². The lowest BCUT2D eigenvalue weighted by atomic mass is 10.0. The van der Waals surface area contributed by atoms with Gasteiger partial charge in [0.15, 0.2) is 5.65 Å². The normalized spacial score (nSPS) is 11.1. The van der Waals surface area contributed by atoms with E-state index in [0.717, 1.165) is 38.9 Å². The van der Waals surface area contributed by atoms with Crippen LogP contribution in [0.1, 0.15) is 16.1 Å². The maximum absolute atomic E-state index is 13.3. The molecule has 1 N–H and O–H groups in total. The van der Waals surface area contributed by atoms with Gasteiger partial charge in [0, 0.05) is 23.4 Å². The van der Waals surface area contributed by atoms with Gasteiger partial charge in [0.2, 0.25) is 0 Å². The van der Waals surface area contributed by atoms with Crippen LogP contribution in [-0.4, -0.2) is 32.8 Å². The predicted octanol–water partition coefficient (Wildman–Crippen LogP) is 4.75. The molecule has 0 saturated carbocycles. The molecule has 0 aliphatic carbocycles. The van der Waals surface area contributed by atoms with Crippen molar-refractivity contribution < 1.29 is 9.53 Å². The molecule has 3 aromatic heterocycles. The SMILES string of the molecule is COc1ccc(-c2cc(C(=O)Nc3cnc4c(c3)c(C)nn4C)c3ccccc3n2)cc1. The van der Waals surface area contributed by atoms with Gasteiger partial charge in [-0.3, -0.25) is 9.48 Å². The van der Waals surface area contributed by atoms with E-state index >= 15 is 0 Å². The Morgan fingerprint density at radius 1 is 1.03 bits per heavy atom. The molecular formula is C25H21N5O2. The van der Waals surface area contributed by atoms with Gasteiger partial charge >= 0.3 is 0 Å². The standard InChI is InChI=1S/C25H21N5O2/c1-15-20-12-17(14-26-24(20)30(2)29-15)27-25(31)21-13-23(16-8-10-18(32-3)11-9-16)28-22-7-5-4-6-19(21)22/h4-14H,1-3H3,(H,27,31). The summed E-state index contributed by atoms with van der Waals surface area (Å²) < 4.78 is 6.98. The Labute approximate surface area is 184 Å². The number of pyridine rings is 2. The van der Waals surface area contributed by atoms with Crippen LogP contribution in [0.2, 0.25) is 0 Å². The van der Waals surface area contributed by atoms with Crippen molar-refractivity contribution in [3.05, 3.63) is 78.1 Å². The number of carbonyl (C=O) groups is 1. The van der Waals surface area contributed by atoms with Crippen LogP contribution >= 0.6 is 0 Å². The number of aromatic nitrogens is 4. The van der Waals surface area contributed by atoms with Crippen LogP contribution < -0.4 is 10.1 Å². The summed E-state index contributed by atoms with van der Waals surface area (Å²) in [5, 5.41) is 9.07. The third-order valence-electron chi connectivity index (χ3n) is 5.47. The minimum Gasteiger partial charge on any atom is -0.497 e. The molecule has 0 atom stereocenters. The van der Waals surface area contributed by atoms with E-state index in [4.69, 9.17) is 9.72 Å². The number of methoxy groups -OCH3 is 1. The lowest BCUT2D eigenvalue weighted by molar-refractivity contribution is 0.102. The van der Waals surface area contributed by atoms with Crippen LogP contribution in [0.15, 0.2) is 66.9 Å². The molecule has 2 aromatic carbocycles. The Morgan fingerprint density at radius 2 is 1.81 bits per heavy atom. The summed E-state index contributed by atoms with van der Waals surface area (Å²) in [6.07, 6.45) is 1.65. The number of carbonyl (C=O) groups excluding carboxylic acids is 1. The monoisotopic (exact) mass is 423 g/mol. The number of anilines is 1. The van der Waals surface area contributed by atoms with E-state index in [1.54, 1.807) is 18.0 Å². The highest BCUT2D eigenvalue weighted by atomic mass is 16.5. The fourth-order valence-electron chi connectivity index (χ4n) is 3.85. The molecule has 0 aliphatic rings. The fraction of sp³-hybridized carbons (Fsp3) is 0.120. The topological polar surface area (TPSA) is 81.9 Å². The first-order chi connectivity index (χ1) is 15.5. The first-order valence-corrected chi connectivity index (χ1v) is 10.2. The van der Waals surface area contributed by atoms with E-state index in [9.17, 15) is 4.79 Å². The molecule has 1 amide bonds. The van der Waals surface area contributed by atoms with Gasteiger partial charge < -0.3 is 10.1 Å². The second kappa shape index (κ2) is 7.77. The van der Waals surface area contributed by atoms with Gasteiger partial charge in [0.1, 0.15) is 5.75 Å². The van der Waals surface area contributed by atoms with Crippen LogP contribution in [0.5, 0.6) is 5.75 Å². The predicted molar refractivity (Wildman–Crippen MR) is 125 cm³/mol. The molecule has 0 fully saturated rings. The minimum atomic E-state index is -0.221. The number of nitrogens with zero attached hydrogens (tertiary/aromatic N) is 4. The van der Waals surface area contributed by atoms with Gasteiger partial charge in [-0.05, 0) is 49.4 Å². The van der Waals surface area contributed by atoms with E-state index in [1.807, 2.05) is 74.6 Å². The lowest BCUT2D eigenvalue weighted by Gasteiger charge is -2.11. The highest BCUT2D eigenvalue weighted by Crippen LogP contribution is 2.27. The average molecular weight is 423 g/mol. The molecule has 5 rings (SSSR count). The zero-order valence-corrected chi connectivity index (χ0v) is 18.0. The molecule has 0 aliphatic heterocycles. The first kappa shape index (κ1) is 19.7. The number of amides is 1. The van der Waals surface area contributed by atoms with Crippen LogP contribution in [0.25, 0.3) is 33.2 Å². The van der Waals surface area contributed by atoms with Crippen molar-refractivity contribution in [3.63, 3.8) is 0 Å². The van der Waals surface area contributed by atoms with E-state index < -0.39 is 0 Å². The Balaban J connectivity index is 1.56. The highest BCUT2D eigenvalue weighted by Gasteiger charge is 2.15. The van der Waals surface area contributed by atoms with Gasteiger partial charge in [-0.15, -0.1) is 0 Å². The number of aryl methyl sites for hydroxylation is 2. The van der Waals surface area contributed by atoms with Gasteiger partial charge in [0.05, 0.1) is 41.5 Å². The Kier molecular flexibility index (Phi) is 4.78. The van der Waals surface area contributed by atoms with Gasteiger partial charge in [-0.25, -0.2) is 9.97 Å². The van der Waals surface area contributed by atoms with Crippen molar-refractivity contribution in [2.45, 2.75) is 6.92 Å². The maximum Gasteiger partial charge on any atom is 0.256 e. The Hall–Kier alpha value is -4.26. The maximum atomic E-state index is 13.3. The number of fused-ring (bicyclic) bond motifs is 2. The third-order valence-corrected chi connectivity index (χ3v) is 5.47. The summed E-state index contributed by atoms with van der Waals surface area (Å²) in [7, 11) is 3.48. The lowest BCUT2D eigenvalue weighted by Crippen LogP contribution is -2.13. The number of benzene rings is 2. The second-order valence-corrected chi connectivity index (χ2v) is 7.56. The molecule has 0 radical (unpaired) electrons. The molecule has 158 valence electrons. The van der Waals surface area contributed by atoms with E-state index in [-0.39, 0.29) is 5.91 Å². The van der Waals surface area contributed by atoms with E-state index in [0.29, 0.717) is 16.9 Å². The van der Waals surface area contributed by atoms with Crippen molar-refractivity contribution in [1.29, 1.82) is 0 Å². The van der Waals surface area contributed by atoms with Crippen molar-refractivity contribution in [3.8, 4) is 17.0 Å². The zero-order chi connectivity index (χ0) is 22.2. The van der Waals surface area contributed by atoms with Gasteiger partial charge in [0.25, 0.3) is 5.91 Å². The molecule has 0 unspecified atom stereocenters. The van der Waals surface area contributed by atoms with Gasteiger partial charge in [-0.1, -0.05) is 18.2 Å². The largest absolute Gasteiger partial charge is 0.497 e. The van der Waals surface area contributed by atoms with Gasteiger partial charge in [-0.2, -0.15) is 5.10 Å². The molecule has 0 saturated heterocycles. The molecule has 0 spiro atoms. The van der Waals surface area contributed by atoms with Crippen LogP contribution in [-0.2, 0) is 7.05 Å². The Morgan fingerprint density at radius 3 is 2.59 bits per heavy atom. The van der Waals surface area contributed by atoms with Crippen molar-refractivity contribution in [2.24, 2.45) is 7.05 Å². The summed E-state index contributed by atoms with van der Waals surface area (Å²) in [6.45, 7) is 1.92. The highest BCUT2D eigenvalue weighted by molar-refractivity contribution is 6.13. The Bertz CT molecular complexity index is 1470. The van der Waals surface area contributed by atoms with Crippen molar-refractivity contribution >= 4 is 33.5 Å². The number of ether oxygens (including phenoxy) is 1. The average Bonchev–Trinajstić information content (AvgIpc) is 3.11. The number of hydrogen-bond acceptors (Lipinski definition) is 5. The quantitative estimate of drug-likeness (QED) is 0.451. The number of hydrogen-bond donors (Lipinski definition) is 1. The molecule has 3 heterocycles. The fourth-order valence-corrected chi connectivity index (χ4v) is 3.85. The first-order valence-electron chi connectivity index (χ1n) is 10.2. The van der Waals surface area contributed by atoms with E-state index in [1.165, 1.54) is 0 Å². The second-order valence-electron chi connectivity index (χ2n) is 7.56. The van der Waals surface area contributed by atoms with Crippen LogP contribution in [0.3, 0.4) is 0 Å².